The summed E-state index contributed by atoms with van der Waals surface area (Å²) in [6, 6.07) is 1.83. The number of imidazole rings is 2. The third kappa shape index (κ3) is 12.0. The summed E-state index contributed by atoms with van der Waals surface area (Å²) >= 11 is 0. The first-order valence-electron chi connectivity index (χ1n) is 23.9. The second-order valence-corrected chi connectivity index (χ2v) is 22.7. The highest BCUT2D eigenvalue weighted by molar-refractivity contribution is 7.48. The number of nitrogens with two attached hydrogens (primary N) is 4. The van der Waals surface area contributed by atoms with Crippen molar-refractivity contribution in [2.24, 2.45) is 0 Å². The number of ether oxygens (including phenoxy) is 4. The van der Waals surface area contributed by atoms with E-state index < -0.39 is 182 Å². The molecule has 0 spiro atoms. The molecule has 0 saturated carbocycles. The lowest BCUT2D eigenvalue weighted by Crippen LogP contribution is -2.38. The zero-order valence-corrected chi connectivity index (χ0v) is 44.3. The van der Waals surface area contributed by atoms with E-state index in [1.54, 1.807) is 0 Å². The molecule has 4 aliphatic rings. The van der Waals surface area contributed by atoms with Crippen LogP contribution in [-0.2, 0) is 59.8 Å². The third-order valence-corrected chi connectivity index (χ3v) is 16.1. The highest BCUT2D eigenvalue weighted by Crippen LogP contribution is 2.54. The summed E-state index contributed by atoms with van der Waals surface area (Å²) < 4.78 is 99.4. The van der Waals surface area contributed by atoms with Gasteiger partial charge in [0, 0.05) is 24.5 Å². The molecule has 19 N–H and O–H groups in total. The Labute approximate surface area is 458 Å². The van der Waals surface area contributed by atoms with Crippen LogP contribution in [0, 0.1) is 0 Å². The molecule has 3 unspecified atom stereocenters. The lowest BCUT2D eigenvalue weighted by molar-refractivity contribution is -0.0636. The largest absolute Gasteiger partial charge is 0.472 e. The normalized spacial score (nSPS) is 32.3. The number of hydrogen-bond acceptors (Lipinski definition) is 33. The number of nitrogens with one attached hydrogen (secondary N) is 2. The topological polar surface area (TPSA) is 627 Å². The number of rotatable bonds is 20. The first-order chi connectivity index (χ1) is 39.1. The average molecular weight is 1240 g/mol. The Balaban J connectivity index is 0.862. The van der Waals surface area contributed by atoms with Crippen molar-refractivity contribution in [3.05, 3.63) is 78.9 Å². The second-order valence-electron chi connectivity index (χ2n) is 18.5. The minimum Gasteiger partial charge on any atom is -0.394 e. The fourth-order valence-electron chi connectivity index (χ4n) is 9.37. The lowest BCUT2D eigenvalue weighted by Gasteiger charge is -2.26. The van der Waals surface area contributed by atoms with Crippen LogP contribution in [0.2, 0.25) is 0 Å². The fourth-order valence-corrected chi connectivity index (χ4v) is 12.3. The smallest absolute Gasteiger partial charge is 0.394 e. The van der Waals surface area contributed by atoms with Gasteiger partial charge in [-0.2, -0.15) is 19.9 Å². The Hall–Kier alpha value is -6.41. The Morgan fingerprint density at radius 1 is 0.506 bits per heavy atom. The van der Waals surface area contributed by atoms with Crippen molar-refractivity contribution in [3.8, 4) is 0 Å². The molecule has 4 saturated heterocycles. The molecule has 10 rings (SSSR count). The van der Waals surface area contributed by atoms with Crippen LogP contribution < -0.4 is 45.4 Å². The number of anilines is 4. The highest BCUT2D eigenvalue weighted by Gasteiger charge is 2.55. The lowest BCUT2D eigenvalue weighted by atomic mass is 10.1. The molecular weight excluding hydrogens is 1190 g/mol. The molecule has 0 bridgehead atoms. The summed E-state index contributed by atoms with van der Waals surface area (Å²) in [5.41, 5.74) is 19.3. The molecule has 0 amide bonds. The van der Waals surface area contributed by atoms with Gasteiger partial charge in [-0.25, -0.2) is 33.3 Å². The van der Waals surface area contributed by atoms with Crippen LogP contribution in [0.15, 0.2) is 56.4 Å². The van der Waals surface area contributed by atoms with Gasteiger partial charge in [0.05, 0.1) is 39.1 Å². The molecule has 0 radical (unpaired) electrons. The van der Waals surface area contributed by atoms with Crippen LogP contribution >= 0.6 is 23.5 Å². The monoisotopic (exact) mass is 1240 g/mol. The molecule has 4 aliphatic heterocycles. The number of aromatic nitrogens is 12. The number of aliphatic hydroxyl groups excluding tert-OH is 6. The van der Waals surface area contributed by atoms with Crippen molar-refractivity contribution < 1.29 is 105 Å². The quantitative estimate of drug-likeness (QED) is 0.0316. The Morgan fingerprint density at radius 2 is 0.855 bits per heavy atom. The molecule has 6 aromatic rings. The van der Waals surface area contributed by atoms with E-state index in [1.165, 1.54) is 0 Å². The number of nitrogens with zero attached hydrogens (tertiary/aromatic N) is 10. The van der Waals surface area contributed by atoms with Gasteiger partial charge in [0.25, 0.3) is 11.1 Å². The van der Waals surface area contributed by atoms with Gasteiger partial charge < -0.3 is 87.2 Å². The van der Waals surface area contributed by atoms with Crippen LogP contribution in [0.1, 0.15) is 24.9 Å². The molecule has 6 aromatic heterocycles. The van der Waals surface area contributed by atoms with Gasteiger partial charge in [0.15, 0.2) is 36.2 Å². The predicted octanol–water partition coefficient (Wildman–Crippen LogP) is -7.01. The standard InChI is InChI=1S/C38H49N16O26P3/c39-27-17-29(49-37(63)47-27)53(9-43-17)31-20(59)19(58)12(75-31)6-71-81(65,66)80-26-14(77-34(23(26)62)54-10-44-18-28(40)48-38(64)50-30(18)54)8-73-83(69,70)79-25-13(76-33(22(25)61)52-4-2-16(57)46-36(52)42)7-72-82(67,68)78-24-11(5-55)74-32(21(24)60)51-3-1-15(56)45-35(51)41/h1-4,9-14,19-26,31-34,55,58-62H,5-8H2,(H,65,66)(H,67,68)(H,69,70)(H2,41,45,56)(H2,42,46,57)(H3,39,47,49,63)(H3,40,48,50,64)/t11-,12-,13-,14-,19-,20-,21-,22-,23-,24-,25-,26-,31-,32-,33-,34-/m1/s1. The number of aromatic amines is 2. The van der Waals surface area contributed by atoms with Gasteiger partial charge in [-0.15, -0.1) is 0 Å². The second kappa shape index (κ2) is 22.9. The molecule has 42 nitrogen and oxygen atoms in total. The Morgan fingerprint density at radius 3 is 1.25 bits per heavy atom. The molecule has 19 atom stereocenters. The van der Waals surface area contributed by atoms with E-state index in [0.29, 0.717) is 0 Å². The number of phosphoric acid groups is 3. The average Bonchev–Trinajstić information content (AvgIpc) is 3.06. The maximum atomic E-state index is 14.0. The van der Waals surface area contributed by atoms with Gasteiger partial charge in [-0.05, 0) is 0 Å². The summed E-state index contributed by atoms with van der Waals surface area (Å²) in [7, 11) is -16.8. The molecular formula is C38H49N16O26P3. The van der Waals surface area contributed by atoms with E-state index in [1.807, 2.05) is 0 Å². The summed E-state index contributed by atoms with van der Waals surface area (Å²) in [5.74, 6) is -1.52. The summed E-state index contributed by atoms with van der Waals surface area (Å²) in [6.07, 6.45) is -25.8. The molecule has 83 heavy (non-hydrogen) atoms. The van der Waals surface area contributed by atoms with Crippen LogP contribution in [-0.4, -0.2) is 203 Å². The summed E-state index contributed by atoms with van der Waals surface area (Å²) in [4.78, 5) is 108. The van der Waals surface area contributed by atoms with Gasteiger partial charge in [-0.3, -0.25) is 65.0 Å². The number of H-pyrrole nitrogens is 2. The number of hydrogen-bond donors (Lipinski definition) is 15. The summed E-state index contributed by atoms with van der Waals surface area (Å²) in [5, 5.41) is 66.2. The van der Waals surface area contributed by atoms with Gasteiger partial charge in [0.2, 0.25) is 11.9 Å². The van der Waals surface area contributed by atoms with Gasteiger partial charge in [-0.1, -0.05) is 0 Å². The van der Waals surface area contributed by atoms with Crippen molar-refractivity contribution in [1.29, 1.82) is 0 Å². The van der Waals surface area contributed by atoms with Crippen molar-refractivity contribution in [2.75, 3.05) is 49.4 Å². The minimum absolute atomic E-state index is 0.0132. The van der Waals surface area contributed by atoms with Gasteiger partial charge >= 0.3 is 34.8 Å². The maximum Gasteiger partial charge on any atom is 0.472 e. The SMILES string of the molecule is Nc1[nH]c(=O)nc2c1ncn2[C@@H]1O[C@H](COP(=O)(O)O[C@H]2[C@@H](O)[C@H](n3cnc4c(N)[nH]c(=O)nc43)O[C@@H]2COP(=O)(O)O[C@H]2[C@@H](O)[C@H](n3ccc(=O)nc3N)O[C@@H]2COP(=O)(O)O[C@H]2[C@@H](O)[C@H](n3ccc(=O)nc3N)O[C@@H]2CO)[C@@H](O)[C@H]1O. The van der Waals surface area contributed by atoms with Crippen LogP contribution in [0.25, 0.3) is 22.3 Å². The Bertz CT molecular complexity index is 3810. The zero-order chi connectivity index (χ0) is 59.8. The van der Waals surface area contributed by atoms with Crippen molar-refractivity contribution in [1.82, 2.24) is 58.1 Å². The molecule has 45 heteroatoms. The van der Waals surface area contributed by atoms with E-state index in [0.717, 1.165) is 55.4 Å². The first kappa shape index (κ1) is 59.7. The first-order valence-corrected chi connectivity index (χ1v) is 28.4. The number of fused-ring (bicyclic) bond motifs is 2. The van der Waals surface area contributed by atoms with Crippen molar-refractivity contribution >= 4 is 69.3 Å². The number of aliphatic hydroxyl groups is 6. The minimum atomic E-state index is -5.73. The van der Waals surface area contributed by atoms with Crippen LogP contribution in [0.5, 0.6) is 0 Å². The Kier molecular flexibility index (Phi) is 16.5. The van der Waals surface area contributed by atoms with E-state index in [9.17, 15) is 78.2 Å². The highest BCUT2D eigenvalue weighted by atomic mass is 31.2. The third-order valence-electron chi connectivity index (χ3n) is 13.2. The molecule has 4 fully saturated rings. The summed E-state index contributed by atoms with van der Waals surface area (Å²) in [6.45, 7) is -4.44. The molecule has 0 aliphatic carbocycles. The predicted molar refractivity (Wildman–Crippen MR) is 266 cm³/mol. The zero-order valence-electron chi connectivity index (χ0n) is 41.6. The molecule has 452 valence electrons. The van der Waals surface area contributed by atoms with E-state index in [4.69, 9.17) is 69.0 Å². The van der Waals surface area contributed by atoms with Crippen molar-refractivity contribution in [2.45, 2.75) is 98.2 Å². The molecule has 10 heterocycles. The number of nitrogen functional groups attached to an aromatic ring is 4. The van der Waals surface area contributed by atoms with E-state index in [-0.39, 0.29) is 34.0 Å². The van der Waals surface area contributed by atoms with Crippen LogP contribution in [0.3, 0.4) is 0 Å². The van der Waals surface area contributed by atoms with Crippen molar-refractivity contribution in [3.63, 3.8) is 0 Å². The fraction of sp³-hybridized carbons (Fsp3) is 0.526. The van der Waals surface area contributed by atoms with Gasteiger partial charge in [0.1, 0.15) is 95.9 Å². The van der Waals surface area contributed by atoms with Crippen LogP contribution in [0.4, 0.5) is 23.5 Å². The molecule has 0 aromatic carbocycles. The van der Waals surface area contributed by atoms with E-state index in [2.05, 4.69) is 39.9 Å². The van der Waals surface area contributed by atoms with E-state index >= 15 is 0 Å². The number of phosphoric ester groups is 3. The maximum absolute atomic E-state index is 14.0.